The molecular formula is C58H34N6O. The van der Waals surface area contributed by atoms with Gasteiger partial charge >= 0.3 is 0 Å². The first-order valence-electron chi connectivity index (χ1n) is 21.6. The van der Waals surface area contributed by atoms with Crippen LogP contribution in [0.1, 0.15) is 5.56 Å². The molecule has 4 heterocycles. The fourth-order valence-corrected chi connectivity index (χ4v) is 9.61. The molecule has 9 aromatic carbocycles. The van der Waals surface area contributed by atoms with Crippen LogP contribution in [0.25, 0.3) is 122 Å². The largest absolute Gasteiger partial charge is 0.455 e. The molecule has 13 rings (SSSR count). The van der Waals surface area contributed by atoms with Crippen LogP contribution in [0.15, 0.2) is 211 Å². The number of aromatic nitrogens is 5. The van der Waals surface area contributed by atoms with E-state index in [1.165, 1.54) is 0 Å². The molecule has 0 fully saturated rings. The summed E-state index contributed by atoms with van der Waals surface area (Å²) in [5.41, 5.74) is 13.2. The number of hydrogen-bond donors (Lipinski definition) is 0. The predicted octanol–water partition coefficient (Wildman–Crippen LogP) is 14.5. The maximum Gasteiger partial charge on any atom is 0.238 e. The van der Waals surface area contributed by atoms with E-state index in [1.807, 2.05) is 72.8 Å². The Hall–Kier alpha value is -9.12. The molecule has 0 bridgehead atoms. The highest BCUT2D eigenvalue weighted by Crippen LogP contribution is 2.44. The molecule has 65 heavy (non-hydrogen) atoms. The van der Waals surface area contributed by atoms with E-state index in [0.717, 1.165) is 105 Å². The molecule has 0 N–H and O–H groups in total. The molecule has 7 nitrogen and oxygen atoms in total. The lowest BCUT2D eigenvalue weighted by Crippen LogP contribution is -2.07. The average Bonchev–Trinajstić information content (AvgIpc) is 4.04. The molecule has 0 aliphatic heterocycles. The summed E-state index contributed by atoms with van der Waals surface area (Å²) in [7, 11) is 0. The lowest BCUT2D eigenvalue weighted by Gasteiger charge is -2.14. The monoisotopic (exact) mass is 830 g/mol. The minimum absolute atomic E-state index is 0.519. The van der Waals surface area contributed by atoms with Crippen LogP contribution < -0.4 is 0 Å². The standard InChI is InChI=1S/C58H34N6O/c59-35-36-23-25-39(26-24-36)48-33-42(34-49-45-19-9-12-22-52(45)65-55(48)49)63-50-20-10-7-17-43(50)46-31-32-47-44-18-8-11-21-51(44)64(54(47)53(46)63)58-61-56(40-15-5-2-6-16-40)60-57(62-58)41-29-27-38(28-30-41)37-13-3-1-4-14-37/h1-34H. The second-order valence-electron chi connectivity index (χ2n) is 16.3. The zero-order chi connectivity index (χ0) is 43.0. The van der Waals surface area contributed by atoms with E-state index in [1.54, 1.807) is 0 Å². The maximum absolute atomic E-state index is 9.69. The smallest absolute Gasteiger partial charge is 0.238 e. The van der Waals surface area contributed by atoms with Crippen LogP contribution in [0.3, 0.4) is 0 Å². The van der Waals surface area contributed by atoms with Crippen molar-refractivity contribution in [2.45, 2.75) is 0 Å². The van der Waals surface area contributed by atoms with Gasteiger partial charge in [0.2, 0.25) is 5.95 Å². The molecule has 0 unspecified atom stereocenters. The van der Waals surface area contributed by atoms with Crippen molar-refractivity contribution in [1.29, 1.82) is 5.26 Å². The topological polar surface area (TPSA) is 85.5 Å². The van der Waals surface area contributed by atoms with Crippen LogP contribution in [-0.4, -0.2) is 24.1 Å². The number of benzene rings is 9. The lowest BCUT2D eigenvalue weighted by atomic mass is 10.00. The van der Waals surface area contributed by atoms with Crippen LogP contribution in [0.2, 0.25) is 0 Å². The van der Waals surface area contributed by atoms with Crippen LogP contribution in [-0.2, 0) is 0 Å². The number of hydrogen-bond acceptors (Lipinski definition) is 5. The SMILES string of the molecule is N#Cc1ccc(-c2cc(-n3c4ccccc4c4ccc5c6ccccc6n(-c6nc(-c7ccccc7)nc(-c7ccc(-c8ccccc8)cc7)n6)c5c43)cc3c2oc2ccccc23)cc1. The van der Waals surface area contributed by atoms with Crippen molar-refractivity contribution in [2.24, 2.45) is 0 Å². The van der Waals surface area contributed by atoms with Crippen molar-refractivity contribution in [3.05, 3.63) is 212 Å². The highest BCUT2D eigenvalue weighted by molar-refractivity contribution is 6.24. The Balaban J connectivity index is 1.13. The molecule has 4 aromatic heterocycles. The Bertz CT molecular complexity index is 4050. The normalized spacial score (nSPS) is 11.7. The van der Waals surface area contributed by atoms with E-state index in [4.69, 9.17) is 19.4 Å². The van der Waals surface area contributed by atoms with Gasteiger partial charge in [-0.1, -0.05) is 164 Å². The van der Waals surface area contributed by atoms with E-state index in [2.05, 4.69) is 149 Å². The number of rotatable bonds is 6. The summed E-state index contributed by atoms with van der Waals surface area (Å²) >= 11 is 0. The van der Waals surface area contributed by atoms with E-state index >= 15 is 0 Å². The van der Waals surface area contributed by atoms with Gasteiger partial charge in [-0.2, -0.15) is 15.2 Å². The van der Waals surface area contributed by atoms with Gasteiger partial charge in [-0.15, -0.1) is 0 Å². The Kier molecular flexibility index (Phi) is 8.14. The molecule has 13 aromatic rings. The fraction of sp³-hybridized carbons (Fsp3) is 0. The van der Waals surface area contributed by atoms with E-state index in [9.17, 15) is 5.26 Å². The van der Waals surface area contributed by atoms with Crippen molar-refractivity contribution in [1.82, 2.24) is 24.1 Å². The summed E-state index contributed by atoms with van der Waals surface area (Å²) < 4.78 is 11.3. The van der Waals surface area contributed by atoms with Gasteiger partial charge in [-0.3, -0.25) is 4.57 Å². The molecule has 0 aliphatic carbocycles. The first-order valence-corrected chi connectivity index (χ1v) is 21.6. The van der Waals surface area contributed by atoms with E-state index < -0.39 is 0 Å². The van der Waals surface area contributed by atoms with Gasteiger partial charge < -0.3 is 8.98 Å². The predicted molar refractivity (Wildman–Crippen MR) is 262 cm³/mol. The summed E-state index contributed by atoms with van der Waals surface area (Å²) in [5.74, 6) is 1.68. The Morgan fingerprint density at radius 3 is 1.57 bits per heavy atom. The summed E-state index contributed by atoms with van der Waals surface area (Å²) in [4.78, 5) is 15.8. The molecule has 7 heteroatoms. The van der Waals surface area contributed by atoms with Gasteiger partial charge in [0, 0.05) is 54.7 Å². The molecule has 0 radical (unpaired) electrons. The van der Waals surface area contributed by atoms with Crippen molar-refractivity contribution in [2.75, 3.05) is 0 Å². The van der Waals surface area contributed by atoms with E-state index in [-0.39, 0.29) is 0 Å². The first-order chi connectivity index (χ1) is 32.2. The average molecular weight is 831 g/mol. The third kappa shape index (κ3) is 5.78. The van der Waals surface area contributed by atoms with Gasteiger partial charge in [-0.25, -0.2) is 4.98 Å². The number of furan rings is 1. The van der Waals surface area contributed by atoms with Gasteiger partial charge in [0.25, 0.3) is 0 Å². The molecule has 0 aliphatic rings. The second-order valence-corrected chi connectivity index (χ2v) is 16.3. The molecule has 0 saturated heterocycles. The maximum atomic E-state index is 9.69. The summed E-state index contributed by atoms with van der Waals surface area (Å²) in [6.07, 6.45) is 0. The second kappa shape index (κ2) is 14.5. The van der Waals surface area contributed by atoms with Crippen LogP contribution >= 0.6 is 0 Å². The molecule has 0 atom stereocenters. The Morgan fingerprint density at radius 1 is 0.400 bits per heavy atom. The van der Waals surface area contributed by atoms with Crippen LogP contribution in [0.4, 0.5) is 0 Å². The number of nitriles is 1. The molecule has 0 saturated carbocycles. The van der Waals surface area contributed by atoms with E-state index in [0.29, 0.717) is 23.2 Å². The van der Waals surface area contributed by atoms with Gasteiger partial charge in [-0.05, 0) is 59.2 Å². The Labute approximate surface area is 372 Å². The van der Waals surface area contributed by atoms with Gasteiger partial charge in [0.05, 0.1) is 33.7 Å². The third-order valence-electron chi connectivity index (χ3n) is 12.6. The van der Waals surface area contributed by atoms with Crippen molar-refractivity contribution < 1.29 is 4.42 Å². The molecule has 0 amide bonds. The van der Waals surface area contributed by atoms with Crippen molar-refractivity contribution >= 4 is 65.6 Å². The van der Waals surface area contributed by atoms with Crippen LogP contribution in [0, 0.1) is 11.3 Å². The highest BCUT2D eigenvalue weighted by atomic mass is 16.3. The van der Waals surface area contributed by atoms with Crippen LogP contribution in [0.5, 0.6) is 0 Å². The lowest BCUT2D eigenvalue weighted by molar-refractivity contribution is 0.670. The van der Waals surface area contributed by atoms with Gasteiger partial charge in [0.15, 0.2) is 11.6 Å². The molecular weight excluding hydrogens is 797 g/mol. The fourth-order valence-electron chi connectivity index (χ4n) is 9.61. The first kappa shape index (κ1) is 36.5. The quantitative estimate of drug-likeness (QED) is 0.167. The Morgan fingerprint density at radius 2 is 0.908 bits per heavy atom. The van der Waals surface area contributed by atoms with Crippen molar-refractivity contribution in [3.8, 4) is 62.7 Å². The zero-order valence-corrected chi connectivity index (χ0v) is 34.7. The number of para-hydroxylation sites is 3. The summed E-state index contributed by atoms with van der Waals surface area (Å²) in [6, 6.07) is 73.3. The van der Waals surface area contributed by atoms with Crippen molar-refractivity contribution in [3.63, 3.8) is 0 Å². The summed E-state index contributed by atoms with van der Waals surface area (Å²) in [6.45, 7) is 0. The molecule has 302 valence electrons. The minimum atomic E-state index is 0.519. The highest BCUT2D eigenvalue weighted by Gasteiger charge is 2.25. The zero-order valence-electron chi connectivity index (χ0n) is 34.7. The summed E-state index contributed by atoms with van der Waals surface area (Å²) in [5, 5.41) is 16.1. The minimum Gasteiger partial charge on any atom is -0.455 e. The van der Waals surface area contributed by atoms with Gasteiger partial charge in [0.1, 0.15) is 11.2 Å². The number of fused-ring (bicyclic) bond motifs is 10. The molecule has 0 spiro atoms. The third-order valence-corrected chi connectivity index (χ3v) is 12.6. The number of nitrogens with zero attached hydrogens (tertiary/aromatic N) is 6.